The maximum atomic E-state index is 12.5. The van der Waals surface area contributed by atoms with Crippen LogP contribution in [0.3, 0.4) is 0 Å². The lowest BCUT2D eigenvalue weighted by Gasteiger charge is -2.31. The van der Waals surface area contributed by atoms with Gasteiger partial charge in [-0.1, -0.05) is 66.7 Å². The van der Waals surface area contributed by atoms with Crippen molar-refractivity contribution in [3.8, 4) is 5.75 Å². The summed E-state index contributed by atoms with van der Waals surface area (Å²) < 4.78 is 6.16. The van der Waals surface area contributed by atoms with Crippen molar-refractivity contribution in [3.05, 3.63) is 95.1 Å². The summed E-state index contributed by atoms with van der Waals surface area (Å²) in [7, 11) is 0. The van der Waals surface area contributed by atoms with Crippen molar-refractivity contribution in [1.82, 2.24) is 5.32 Å². The lowest BCUT2D eigenvalue weighted by molar-refractivity contribution is -0.131. The second-order valence-electron chi connectivity index (χ2n) is 9.10. The van der Waals surface area contributed by atoms with Gasteiger partial charge in [0, 0.05) is 23.5 Å². The quantitative estimate of drug-likeness (QED) is 0.337. The number of hydrogen-bond acceptors (Lipinski definition) is 6. The van der Waals surface area contributed by atoms with Crippen LogP contribution in [0.5, 0.6) is 5.75 Å². The van der Waals surface area contributed by atoms with E-state index in [0.717, 1.165) is 22.3 Å². The number of aldehydes is 1. The number of carbonyl (C=O) groups is 3. The molecule has 184 valence electrons. The van der Waals surface area contributed by atoms with Gasteiger partial charge in [0.2, 0.25) is 11.7 Å². The first-order valence-corrected chi connectivity index (χ1v) is 13.2. The number of ether oxygens (including phenoxy) is 1. The number of anilines is 1. The van der Waals surface area contributed by atoms with Gasteiger partial charge in [0.05, 0.1) is 11.7 Å². The van der Waals surface area contributed by atoms with Crippen LogP contribution in [0.4, 0.5) is 5.69 Å². The molecule has 0 aromatic heterocycles. The number of carbonyl (C=O) groups excluding carboxylic acids is 3. The summed E-state index contributed by atoms with van der Waals surface area (Å²) in [6.45, 7) is 0.397. The average molecular weight is 501 g/mol. The molecule has 5 rings (SSSR count). The number of amides is 1. The van der Waals surface area contributed by atoms with Crippen molar-refractivity contribution >= 4 is 35.4 Å². The van der Waals surface area contributed by atoms with Crippen molar-refractivity contribution in [2.75, 3.05) is 11.2 Å². The summed E-state index contributed by atoms with van der Waals surface area (Å²) in [4.78, 5) is 36.3. The number of benzene rings is 3. The molecule has 2 N–H and O–H groups in total. The molecule has 0 aliphatic carbocycles. The van der Waals surface area contributed by atoms with Gasteiger partial charge in [-0.15, -0.1) is 11.8 Å². The van der Waals surface area contributed by atoms with Crippen molar-refractivity contribution in [2.24, 2.45) is 0 Å². The Morgan fingerprint density at radius 3 is 2.44 bits per heavy atom. The van der Waals surface area contributed by atoms with Gasteiger partial charge in [0.1, 0.15) is 12.4 Å². The molecule has 0 bridgehead atoms. The molecule has 1 fully saturated rings. The van der Waals surface area contributed by atoms with Crippen LogP contribution < -0.4 is 15.4 Å². The Kier molecular flexibility index (Phi) is 7.49. The SMILES string of the molecule is O=CC(=O)C1NCSC1C(Cc1ccccc1)c1ccc(OCc2ccccc2)c2c1CCC(=O)N2. The lowest BCUT2D eigenvalue weighted by Crippen LogP contribution is -2.42. The normalized spacial score (nSPS) is 19.7. The van der Waals surface area contributed by atoms with E-state index in [4.69, 9.17) is 4.74 Å². The predicted octanol–water partition coefficient (Wildman–Crippen LogP) is 4.28. The van der Waals surface area contributed by atoms with Crippen molar-refractivity contribution < 1.29 is 19.1 Å². The molecule has 6 nitrogen and oxygen atoms in total. The molecule has 3 atom stereocenters. The fourth-order valence-electron chi connectivity index (χ4n) is 5.09. The van der Waals surface area contributed by atoms with E-state index in [1.54, 1.807) is 11.8 Å². The lowest BCUT2D eigenvalue weighted by atomic mass is 9.81. The van der Waals surface area contributed by atoms with Gasteiger partial charge in [0.15, 0.2) is 6.29 Å². The zero-order valence-corrected chi connectivity index (χ0v) is 20.6. The summed E-state index contributed by atoms with van der Waals surface area (Å²) in [5.41, 5.74) is 5.05. The zero-order valence-electron chi connectivity index (χ0n) is 19.8. The number of fused-ring (bicyclic) bond motifs is 1. The molecule has 2 heterocycles. The zero-order chi connectivity index (χ0) is 24.9. The minimum atomic E-state index is -0.538. The summed E-state index contributed by atoms with van der Waals surface area (Å²) in [5, 5.41) is 6.16. The predicted molar refractivity (Wildman–Crippen MR) is 141 cm³/mol. The first-order chi connectivity index (χ1) is 17.6. The van der Waals surface area contributed by atoms with Crippen LogP contribution in [0.25, 0.3) is 0 Å². The van der Waals surface area contributed by atoms with E-state index in [1.807, 2.05) is 54.6 Å². The fraction of sp³-hybridized carbons (Fsp3) is 0.276. The molecule has 7 heteroatoms. The monoisotopic (exact) mass is 500 g/mol. The van der Waals surface area contributed by atoms with Crippen LogP contribution in [0.2, 0.25) is 0 Å². The second kappa shape index (κ2) is 11.1. The van der Waals surface area contributed by atoms with Crippen LogP contribution in [0, 0.1) is 0 Å². The van der Waals surface area contributed by atoms with Crippen LogP contribution >= 0.6 is 11.8 Å². The van der Waals surface area contributed by atoms with Gasteiger partial charge in [0.25, 0.3) is 0 Å². The van der Waals surface area contributed by atoms with E-state index in [-0.39, 0.29) is 17.1 Å². The van der Waals surface area contributed by atoms with E-state index >= 15 is 0 Å². The summed E-state index contributed by atoms with van der Waals surface area (Å²) >= 11 is 1.67. The summed E-state index contributed by atoms with van der Waals surface area (Å²) in [6.07, 6.45) is 2.13. The number of rotatable bonds is 9. The second-order valence-corrected chi connectivity index (χ2v) is 10.3. The Morgan fingerprint density at radius 1 is 1.00 bits per heavy atom. The van der Waals surface area contributed by atoms with E-state index in [9.17, 15) is 14.4 Å². The summed E-state index contributed by atoms with van der Waals surface area (Å²) in [6, 6.07) is 23.5. The van der Waals surface area contributed by atoms with Gasteiger partial charge in [-0.3, -0.25) is 19.7 Å². The highest BCUT2D eigenvalue weighted by molar-refractivity contribution is 8.00. The Morgan fingerprint density at radius 2 is 1.72 bits per heavy atom. The average Bonchev–Trinajstić information content (AvgIpc) is 3.41. The molecule has 1 saturated heterocycles. The molecule has 2 aliphatic heterocycles. The Balaban J connectivity index is 1.53. The molecular formula is C29H28N2O4S. The number of hydrogen-bond donors (Lipinski definition) is 2. The van der Waals surface area contributed by atoms with Gasteiger partial charge in [-0.25, -0.2) is 0 Å². The largest absolute Gasteiger partial charge is 0.487 e. The fourth-order valence-corrected chi connectivity index (χ4v) is 6.46. The van der Waals surface area contributed by atoms with Crippen LogP contribution in [-0.2, 0) is 33.8 Å². The highest BCUT2D eigenvalue weighted by Crippen LogP contribution is 2.44. The Bertz CT molecular complexity index is 1250. The highest BCUT2D eigenvalue weighted by atomic mass is 32.2. The van der Waals surface area contributed by atoms with E-state index in [2.05, 4.69) is 28.8 Å². The third-order valence-corrected chi connectivity index (χ3v) is 8.16. The molecule has 3 unspecified atom stereocenters. The van der Waals surface area contributed by atoms with Crippen LogP contribution in [0.15, 0.2) is 72.8 Å². The molecule has 1 amide bonds. The van der Waals surface area contributed by atoms with Crippen LogP contribution in [-0.4, -0.2) is 35.1 Å². The maximum absolute atomic E-state index is 12.5. The van der Waals surface area contributed by atoms with Crippen LogP contribution in [0.1, 0.15) is 34.6 Å². The summed E-state index contributed by atoms with van der Waals surface area (Å²) in [5.74, 6) is 0.759. The standard InChI is InChI=1S/C29H28N2O4S/c32-16-24(33)28-29(36-18-30-28)23(15-19-7-3-1-4-8-19)21-11-13-25(27-22(21)12-14-26(34)31-27)35-17-20-9-5-2-6-10-20/h1-11,13,16,23,28-30H,12,14-15,17-18H2,(H,31,34). The third-order valence-electron chi connectivity index (χ3n) is 6.84. The molecule has 0 saturated carbocycles. The molecule has 36 heavy (non-hydrogen) atoms. The van der Waals surface area contributed by atoms with Crippen molar-refractivity contribution in [3.63, 3.8) is 0 Å². The van der Waals surface area contributed by atoms with E-state index in [1.165, 1.54) is 0 Å². The molecule has 0 spiro atoms. The highest BCUT2D eigenvalue weighted by Gasteiger charge is 2.40. The van der Waals surface area contributed by atoms with E-state index in [0.29, 0.717) is 49.5 Å². The van der Waals surface area contributed by atoms with Gasteiger partial charge >= 0.3 is 0 Å². The minimum absolute atomic E-state index is 0.0327. The first-order valence-electron chi connectivity index (χ1n) is 12.1. The third kappa shape index (κ3) is 5.22. The first kappa shape index (κ1) is 24.3. The molecular weight excluding hydrogens is 472 g/mol. The minimum Gasteiger partial charge on any atom is -0.487 e. The number of thioether (sulfide) groups is 1. The molecule has 0 radical (unpaired) electrons. The molecule has 3 aromatic carbocycles. The topological polar surface area (TPSA) is 84.5 Å². The Hall–Kier alpha value is -3.42. The van der Waals surface area contributed by atoms with Gasteiger partial charge < -0.3 is 10.1 Å². The number of nitrogens with one attached hydrogen (secondary N) is 2. The van der Waals surface area contributed by atoms with Crippen molar-refractivity contribution in [2.45, 2.75) is 43.1 Å². The van der Waals surface area contributed by atoms with Crippen molar-refractivity contribution in [1.29, 1.82) is 0 Å². The smallest absolute Gasteiger partial charge is 0.224 e. The Labute approximate surface area is 214 Å². The molecule has 2 aliphatic rings. The maximum Gasteiger partial charge on any atom is 0.224 e. The van der Waals surface area contributed by atoms with E-state index < -0.39 is 11.8 Å². The molecule has 3 aromatic rings. The van der Waals surface area contributed by atoms with Gasteiger partial charge in [-0.05, 0) is 41.2 Å². The number of Topliss-reactive ketones (excluding diaryl/α,β-unsaturated/α-hetero) is 1. The number of ketones is 1. The van der Waals surface area contributed by atoms with Gasteiger partial charge in [-0.2, -0.15) is 0 Å².